The molecule has 0 saturated carbocycles. The first-order chi connectivity index (χ1) is 22.8. The van der Waals surface area contributed by atoms with Crippen molar-refractivity contribution in [3.8, 4) is 44.5 Å². The number of benzene rings is 8. The third-order valence-corrected chi connectivity index (χ3v) is 9.21. The average molecular weight is 585 g/mol. The Bertz CT molecular complexity index is 2570. The number of rotatable bonds is 4. The van der Waals surface area contributed by atoms with Crippen molar-refractivity contribution in [3.63, 3.8) is 0 Å². The molecule has 46 heavy (non-hydrogen) atoms. The maximum absolute atomic E-state index is 4.20. The topological polar surface area (TPSA) is 25.8 Å². The molecule has 9 aromatic rings. The maximum atomic E-state index is 4.20. The summed E-state index contributed by atoms with van der Waals surface area (Å²) in [5.41, 5.74) is 9.46. The van der Waals surface area contributed by atoms with Gasteiger partial charge in [0.1, 0.15) is 6.33 Å². The van der Waals surface area contributed by atoms with E-state index in [0.717, 1.165) is 11.1 Å². The van der Waals surface area contributed by atoms with Gasteiger partial charge in [-0.1, -0.05) is 133 Å². The first-order valence-corrected chi connectivity index (χ1v) is 15.6. The molecule has 0 unspecified atom stereocenters. The van der Waals surface area contributed by atoms with Crippen LogP contribution in [0.1, 0.15) is 0 Å². The summed E-state index contributed by atoms with van der Waals surface area (Å²) in [5.74, 6) is 0. The van der Waals surface area contributed by atoms with Crippen molar-refractivity contribution in [3.05, 3.63) is 170 Å². The van der Waals surface area contributed by atoms with E-state index in [1.54, 1.807) is 6.33 Å². The van der Waals surface area contributed by atoms with Gasteiger partial charge < -0.3 is 0 Å². The Morgan fingerprint density at radius 2 is 0.717 bits per heavy atom. The number of nitrogens with zero attached hydrogens (tertiary/aromatic N) is 2. The summed E-state index contributed by atoms with van der Waals surface area (Å²) in [6.45, 7) is 0. The van der Waals surface area contributed by atoms with Crippen LogP contribution in [0.2, 0.25) is 0 Å². The van der Waals surface area contributed by atoms with Gasteiger partial charge >= 0.3 is 0 Å². The Hall–Kier alpha value is -6.12. The second-order valence-electron chi connectivity index (χ2n) is 11.9. The van der Waals surface area contributed by atoms with E-state index in [1.807, 2.05) is 12.4 Å². The third-order valence-electron chi connectivity index (χ3n) is 9.21. The maximum Gasteiger partial charge on any atom is 0.115 e. The molecule has 0 radical (unpaired) electrons. The fraction of sp³-hybridized carbons (Fsp3) is 0. The van der Waals surface area contributed by atoms with Gasteiger partial charge in [0.05, 0.1) is 0 Å². The van der Waals surface area contributed by atoms with Crippen LogP contribution in [0.5, 0.6) is 0 Å². The minimum atomic E-state index is 1.01. The Kier molecular flexibility index (Phi) is 6.17. The predicted octanol–water partition coefficient (Wildman–Crippen LogP) is 11.8. The molecular formula is C44H28N2. The lowest BCUT2D eigenvalue weighted by Gasteiger charge is -2.19. The first kappa shape index (κ1) is 26.3. The lowest BCUT2D eigenvalue weighted by atomic mass is 9.84. The standard InChI is InChI=1S/C44H28N2/c1-3-9-33-23-36(19-17-29(33)7-1)43-39-11-5-6-12-40(39)44(37-20-18-30-8-2-4-10-34(30)24-37)42-25-35(21-22-41(42)43)31-13-15-32(16-14-31)38-26-45-28-46-27-38/h1-28H. The highest BCUT2D eigenvalue weighted by atomic mass is 14.8. The highest BCUT2D eigenvalue weighted by molar-refractivity contribution is 6.22. The average Bonchev–Trinajstić information content (AvgIpc) is 3.13. The van der Waals surface area contributed by atoms with Crippen LogP contribution in [0.3, 0.4) is 0 Å². The molecule has 0 aliphatic carbocycles. The van der Waals surface area contributed by atoms with Crippen LogP contribution in [-0.4, -0.2) is 9.97 Å². The Labute approximate surface area is 267 Å². The van der Waals surface area contributed by atoms with Crippen molar-refractivity contribution >= 4 is 43.1 Å². The van der Waals surface area contributed by atoms with Crippen molar-refractivity contribution in [2.24, 2.45) is 0 Å². The quantitative estimate of drug-likeness (QED) is 0.192. The van der Waals surface area contributed by atoms with Crippen molar-refractivity contribution in [2.45, 2.75) is 0 Å². The largest absolute Gasteiger partial charge is 0.244 e. The SMILES string of the molecule is c1ccc2cc(-c3c4ccccc4c(-c4ccc5ccccc5c4)c4cc(-c5ccc(-c6cncnc6)cc5)ccc34)ccc2c1. The van der Waals surface area contributed by atoms with Crippen LogP contribution in [-0.2, 0) is 0 Å². The van der Waals surface area contributed by atoms with E-state index < -0.39 is 0 Å². The van der Waals surface area contributed by atoms with Gasteiger partial charge in [0.15, 0.2) is 0 Å². The van der Waals surface area contributed by atoms with E-state index in [-0.39, 0.29) is 0 Å². The van der Waals surface area contributed by atoms with Gasteiger partial charge in [-0.25, -0.2) is 9.97 Å². The molecule has 2 nitrogen and oxygen atoms in total. The van der Waals surface area contributed by atoms with Crippen molar-refractivity contribution in [2.75, 3.05) is 0 Å². The van der Waals surface area contributed by atoms with Gasteiger partial charge in [0.2, 0.25) is 0 Å². The molecule has 0 spiro atoms. The number of hydrogen-bond acceptors (Lipinski definition) is 2. The van der Waals surface area contributed by atoms with Crippen molar-refractivity contribution in [1.82, 2.24) is 9.97 Å². The summed E-state index contributed by atoms with van der Waals surface area (Å²) < 4.78 is 0. The molecule has 0 saturated heterocycles. The molecule has 0 aliphatic heterocycles. The zero-order valence-corrected chi connectivity index (χ0v) is 25.1. The molecule has 0 fully saturated rings. The predicted molar refractivity (Wildman–Crippen MR) is 194 cm³/mol. The zero-order chi connectivity index (χ0) is 30.5. The highest BCUT2D eigenvalue weighted by Crippen LogP contribution is 2.45. The van der Waals surface area contributed by atoms with Crippen LogP contribution in [0, 0.1) is 0 Å². The van der Waals surface area contributed by atoms with Crippen LogP contribution >= 0.6 is 0 Å². The van der Waals surface area contributed by atoms with Gasteiger partial charge in [-0.2, -0.15) is 0 Å². The number of hydrogen-bond donors (Lipinski definition) is 0. The molecule has 8 aromatic carbocycles. The second-order valence-corrected chi connectivity index (χ2v) is 11.9. The Morgan fingerprint density at radius 1 is 0.283 bits per heavy atom. The summed E-state index contributed by atoms with van der Waals surface area (Å²) in [4.78, 5) is 8.39. The Balaban J connectivity index is 1.33. The molecule has 0 atom stereocenters. The highest BCUT2D eigenvalue weighted by Gasteiger charge is 2.18. The fourth-order valence-corrected chi connectivity index (χ4v) is 6.97. The van der Waals surface area contributed by atoms with Crippen LogP contribution in [0.15, 0.2) is 170 Å². The second kappa shape index (κ2) is 10.8. The third kappa shape index (κ3) is 4.43. The zero-order valence-electron chi connectivity index (χ0n) is 25.1. The van der Waals surface area contributed by atoms with Gasteiger partial charge in [0.25, 0.3) is 0 Å². The number of aromatic nitrogens is 2. The van der Waals surface area contributed by atoms with Crippen LogP contribution in [0.4, 0.5) is 0 Å². The van der Waals surface area contributed by atoms with E-state index in [9.17, 15) is 0 Å². The molecule has 0 N–H and O–H groups in total. The molecular weight excluding hydrogens is 556 g/mol. The van der Waals surface area contributed by atoms with Gasteiger partial charge in [-0.15, -0.1) is 0 Å². The molecule has 214 valence electrons. The molecule has 1 heterocycles. The summed E-state index contributed by atoms with van der Waals surface area (Å²) in [5, 5.41) is 10.00. The van der Waals surface area contributed by atoms with Crippen molar-refractivity contribution in [1.29, 1.82) is 0 Å². The van der Waals surface area contributed by atoms with E-state index in [2.05, 4.69) is 162 Å². The molecule has 0 bridgehead atoms. The molecule has 9 rings (SSSR count). The monoisotopic (exact) mass is 584 g/mol. The first-order valence-electron chi connectivity index (χ1n) is 15.6. The fourth-order valence-electron chi connectivity index (χ4n) is 6.97. The Morgan fingerprint density at radius 3 is 1.30 bits per heavy atom. The molecule has 0 amide bonds. The summed E-state index contributed by atoms with van der Waals surface area (Å²) in [6, 6.07) is 55.5. The number of fused-ring (bicyclic) bond motifs is 4. The normalized spacial score (nSPS) is 11.5. The van der Waals surface area contributed by atoms with Crippen LogP contribution in [0.25, 0.3) is 87.6 Å². The van der Waals surface area contributed by atoms with E-state index in [1.165, 1.54) is 76.5 Å². The summed E-state index contributed by atoms with van der Waals surface area (Å²) >= 11 is 0. The minimum Gasteiger partial charge on any atom is -0.244 e. The van der Waals surface area contributed by atoms with E-state index >= 15 is 0 Å². The van der Waals surface area contributed by atoms with E-state index in [4.69, 9.17) is 0 Å². The van der Waals surface area contributed by atoms with Gasteiger partial charge in [0, 0.05) is 18.0 Å². The smallest absolute Gasteiger partial charge is 0.115 e. The minimum absolute atomic E-state index is 1.01. The van der Waals surface area contributed by atoms with Crippen molar-refractivity contribution < 1.29 is 0 Å². The summed E-state index contributed by atoms with van der Waals surface area (Å²) in [6.07, 6.45) is 5.27. The van der Waals surface area contributed by atoms with E-state index in [0.29, 0.717) is 0 Å². The lowest BCUT2D eigenvalue weighted by molar-refractivity contribution is 1.17. The molecule has 1 aromatic heterocycles. The molecule has 0 aliphatic rings. The summed E-state index contributed by atoms with van der Waals surface area (Å²) in [7, 11) is 0. The molecule has 2 heteroatoms. The van der Waals surface area contributed by atoms with Gasteiger partial charge in [-0.3, -0.25) is 0 Å². The lowest BCUT2D eigenvalue weighted by Crippen LogP contribution is -1.92. The van der Waals surface area contributed by atoms with Crippen LogP contribution < -0.4 is 0 Å². The van der Waals surface area contributed by atoms with Gasteiger partial charge in [-0.05, 0) is 100 Å².